The van der Waals surface area contributed by atoms with E-state index in [1.165, 1.54) is 20.1 Å². The first-order valence-electron chi connectivity index (χ1n) is 6.31. The van der Waals surface area contributed by atoms with Crippen molar-refractivity contribution in [3.05, 3.63) is 52.3 Å². The van der Waals surface area contributed by atoms with Gasteiger partial charge in [-0.3, -0.25) is 4.79 Å². The second kappa shape index (κ2) is 6.06. The number of carbonyl (C=O) groups is 2. The molecule has 21 heavy (non-hydrogen) atoms. The molecule has 1 aromatic heterocycles. The van der Waals surface area contributed by atoms with Crippen LogP contribution in [0.25, 0.3) is 11.1 Å². The number of pyridine rings is 1. The average Bonchev–Trinajstić information content (AvgIpc) is 2.45. The summed E-state index contributed by atoms with van der Waals surface area (Å²) in [4.78, 5) is 27.8. The van der Waals surface area contributed by atoms with Crippen molar-refractivity contribution in [1.29, 1.82) is 0 Å². The lowest BCUT2D eigenvalue weighted by molar-refractivity contribution is 0.0593. The van der Waals surface area contributed by atoms with Crippen LogP contribution in [0.2, 0.25) is 5.02 Å². The molecule has 0 saturated carbocycles. The summed E-state index contributed by atoms with van der Waals surface area (Å²) >= 11 is 6.21. The van der Waals surface area contributed by atoms with E-state index in [9.17, 15) is 9.59 Å². The van der Waals surface area contributed by atoms with Crippen molar-refractivity contribution in [1.82, 2.24) is 4.98 Å². The van der Waals surface area contributed by atoms with Gasteiger partial charge in [-0.05, 0) is 31.5 Å². The lowest BCUT2D eigenvalue weighted by Gasteiger charge is -2.13. The van der Waals surface area contributed by atoms with Gasteiger partial charge in [0.2, 0.25) is 0 Å². The van der Waals surface area contributed by atoms with Gasteiger partial charge < -0.3 is 4.74 Å². The lowest BCUT2D eigenvalue weighted by Crippen LogP contribution is -2.10. The van der Waals surface area contributed by atoms with E-state index in [1.54, 1.807) is 25.1 Å². The number of methoxy groups -OCH3 is 1. The molecule has 0 bridgehead atoms. The number of carbonyl (C=O) groups excluding carboxylic acids is 2. The van der Waals surface area contributed by atoms with E-state index < -0.39 is 5.97 Å². The predicted molar refractivity (Wildman–Crippen MR) is 80.8 cm³/mol. The van der Waals surface area contributed by atoms with E-state index in [4.69, 9.17) is 16.3 Å². The smallest absolute Gasteiger partial charge is 0.356 e. The Morgan fingerprint density at radius 1 is 1.19 bits per heavy atom. The minimum atomic E-state index is -0.554. The quantitative estimate of drug-likeness (QED) is 0.641. The largest absolute Gasteiger partial charge is 0.464 e. The fraction of sp³-hybridized carbons (Fsp3) is 0.188. The zero-order valence-corrected chi connectivity index (χ0v) is 12.7. The van der Waals surface area contributed by atoms with Crippen LogP contribution in [0.4, 0.5) is 0 Å². The molecule has 0 atom stereocenters. The van der Waals surface area contributed by atoms with Crippen molar-refractivity contribution >= 4 is 23.4 Å². The molecule has 0 aliphatic rings. The Balaban J connectivity index is 2.78. The lowest BCUT2D eigenvalue weighted by atomic mass is 9.96. The fourth-order valence-electron chi connectivity index (χ4n) is 2.22. The van der Waals surface area contributed by atoms with Crippen LogP contribution in [0.15, 0.2) is 30.3 Å². The molecule has 1 heterocycles. The first kappa shape index (κ1) is 15.2. The summed E-state index contributed by atoms with van der Waals surface area (Å²) < 4.78 is 4.69. The molecule has 0 saturated heterocycles. The molecule has 0 unspecified atom stereocenters. The number of ketones is 1. The van der Waals surface area contributed by atoms with Crippen LogP contribution >= 0.6 is 11.6 Å². The Kier molecular flexibility index (Phi) is 4.38. The molecule has 0 aliphatic heterocycles. The van der Waals surface area contributed by atoms with E-state index in [0.29, 0.717) is 27.4 Å². The Morgan fingerprint density at radius 3 is 2.43 bits per heavy atom. The van der Waals surface area contributed by atoms with Gasteiger partial charge in [-0.1, -0.05) is 29.8 Å². The molecule has 108 valence electrons. The van der Waals surface area contributed by atoms with Crippen LogP contribution in [-0.4, -0.2) is 23.8 Å². The first-order valence-corrected chi connectivity index (χ1v) is 6.69. The number of nitrogens with zero attached hydrogens (tertiary/aromatic N) is 1. The van der Waals surface area contributed by atoms with Crippen molar-refractivity contribution in [2.45, 2.75) is 13.8 Å². The monoisotopic (exact) mass is 303 g/mol. The summed E-state index contributed by atoms with van der Waals surface area (Å²) in [6.45, 7) is 3.14. The maximum absolute atomic E-state index is 11.9. The summed E-state index contributed by atoms with van der Waals surface area (Å²) in [5.41, 5.74) is 2.34. The van der Waals surface area contributed by atoms with Gasteiger partial charge in [0.15, 0.2) is 5.78 Å². The van der Waals surface area contributed by atoms with Crippen LogP contribution < -0.4 is 0 Å². The number of halogens is 1. The van der Waals surface area contributed by atoms with Gasteiger partial charge in [0.1, 0.15) is 5.69 Å². The number of aromatic nitrogens is 1. The number of hydrogen-bond acceptors (Lipinski definition) is 4. The second-order valence-electron chi connectivity index (χ2n) is 4.54. The summed E-state index contributed by atoms with van der Waals surface area (Å²) in [5.74, 6) is -0.687. The van der Waals surface area contributed by atoms with Gasteiger partial charge in [0.05, 0.1) is 7.11 Å². The van der Waals surface area contributed by atoms with E-state index in [0.717, 1.165) is 0 Å². The number of ether oxygens (including phenoxy) is 1. The number of Topliss-reactive ketones (excluding diaryl/α,β-unsaturated/α-hetero) is 1. The average molecular weight is 304 g/mol. The van der Waals surface area contributed by atoms with Crippen LogP contribution in [0, 0.1) is 6.92 Å². The minimum absolute atomic E-state index is 0.133. The third-order valence-electron chi connectivity index (χ3n) is 3.11. The van der Waals surface area contributed by atoms with Gasteiger partial charge in [0.25, 0.3) is 0 Å². The molecular weight excluding hydrogens is 290 g/mol. The summed E-state index contributed by atoms with van der Waals surface area (Å²) in [6, 6.07) is 8.68. The molecule has 0 N–H and O–H groups in total. The maximum atomic E-state index is 11.9. The number of esters is 1. The first-order chi connectivity index (χ1) is 9.95. The molecule has 1 aromatic carbocycles. The number of hydrogen-bond donors (Lipinski definition) is 0. The van der Waals surface area contributed by atoms with E-state index in [-0.39, 0.29) is 11.5 Å². The van der Waals surface area contributed by atoms with Gasteiger partial charge in [-0.2, -0.15) is 0 Å². The molecule has 0 radical (unpaired) electrons. The summed E-state index contributed by atoms with van der Waals surface area (Å²) in [5, 5.41) is 0.501. The van der Waals surface area contributed by atoms with Crippen LogP contribution in [0.3, 0.4) is 0 Å². The third kappa shape index (κ3) is 2.95. The highest BCUT2D eigenvalue weighted by Crippen LogP contribution is 2.32. The molecule has 0 aliphatic carbocycles. The molecule has 2 rings (SSSR count). The molecule has 2 aromatic rings. The summed E-state index contributed by atoms with van der Waals surface area (Å²) in [6.07, 6.45) is 0. The zero-order valence-electron chi connectivity index (χ0n) is 11.9. The highest BCUT2D eigenvalue weighted by atomic mass is 35.5. The van der Waals surface area contributed by atoms with Crippen molar-refractivity contribution in [2.24, 2.45) is 0 Å². The highest BCUT2D eigenvalue weighted by Gasteiger charge is 2.19. The van der Waals surface area contributed by atoms with Gasteiger partial charge in [-0.25, -0.2) is 9.78 Å². The second-order valence-corrected chi connectivity index (χ2v) is 4.95. The normalized spacial score (nSPS) is 10.3. The van der Waals surface area contributed by atoms with Crippen molar-refractivity contribution in [3.63, 3.8) is 0 Å². The maximum Gasteiger partial charge on any atom is 0.356 e. The molecular formula is C16H14ClNO3. The van der Waals surface area contributed by atoms with Crippen LogP contribution in [0.1, 0.15) is 33.5 Å². The van der Waals surface area contributed by atoms with Crippen molar-refractivity contribution in [3.8, 4) is 11.1 Å². The molecule has 0 fully saturated rings. The fourth-order valence-corrected chi connectivity index (χ4v) is 2.46. The third-order valence-corrected chi connectivity index (χ3v) is 3.44. The Hall–Kier alpha value is -2.20. The molecule has 0 spiro atoms. The van der Waals surface area contributed by atoms with Crippen molar-refractivity contribution < 1.29 is 14.3 Å². The molecule has 0 amide bonds. The number of rotatable bonds is 3. The van der Waals surface area contributed by atoms with Gasteiger partial charge in [0, 0.05) is 21.8 Å². The standard InChI is InChI=1S/C16H14ClNO3/c1-9-15(10(2)19)12(8-14(18-9)16(20)21-3)11-6-4-5-7-13(11)17/h4-8H,1-3H3. The van der Waals surface area contributed by atoms with Gasteiger partial charge >= 0.3 is 5.97 Å². The SMILES string of the molecule is COC(=O)c1cc(-c2ccccc2Cl)c(C(C)=O)c(C)n1. The summed E-state index contributed by atoms with van der Waals surface area (Å²) in [7, 11) is 1.29. The Bertz CT molecular complexity index is 725. The van der Waals surface area contributed by atoms with E-state index in [1.807, 2.05) is 6.07 Å². The van der Waals surface area contributed by atoms with Crippen molar-refractivity contribution in [2.75, 3.05) is 7.11 Å². The van der Waals surface area contributed by atoms with Gasteiger partial charge in [-0.15, -0.1) is 0 Å². The molecule has 5 heteroatoms. The van der Waals surface area contributed by atoms with Crippen LogP contribution in [0.5, 0.6) is 0 Å². The zero-order chi connectivity index (χ0) is 15.6. The minimum Gasteiger partial charge on any atom is -0.464 e. The number of aryl methyl sites for hydroxylation is 1. The Labute approximate surface area is 127 Å². The predicted octanol–water partition coefficient (Wildman–Crippen LogP) is 3.70. The highest BCUT2D eigenvalue weighted by molar-refractivity contribution is 6.33. The Morgan fingerprint density at radius 2 is 1.86 bits per heavy atom. The van der Waals surface area contributed by atoms with Crippen LogP contribution in [-0.2, 0) is 4.74 Å². The molecule has 4 nitrogen and oxygen atoms in total. The number of benzene rings is 1. The topological polar surface area (TPSA) is 56.3 Å². The van der Waals surface area contributed by atoms with E-state index in [2.05, 4.69) is 4.98 Å². The van der Waals surface area contributed by atoms with E-state index >= 15 is 0 Å².